The summed E-state index contributed by atoms with van der Waals surface area (Å²) in [5, 5.41) is 4.27. The Morgan fingerprint density at radius 1 is 1.22 bits per heavy atom. The van der Waals surface area contributed by atoms with Crippen molar-refractivity contribution < 1.29 is 13.2 Å². The van der Waals surface area contributed by atoms with Crippen molar-refractivity contribution in [2.24, 2.45) is 12.8 Å². The van der Waals surface area contributed by atoms with Crippen molar-refractivity contribution in [3.05, 3.63) is 76.7 Å². The van der Waals surface area contributed by atoms with Crippen LogP contribution in [0.5, 0.6) is 0 Å². The Labute approximate surface area is 234 Å². The van der Waals surface area contributed by atoms with E-state index < -0.39 is 22.5 Å². The molecule has 37 heavy (non-hydrogen) atoms. The van der Waals surface area contributed by atoms with Crippen molar-refractivity contribution in [2.75, 3.05) is 17.4 Å². The van der Waals surface area contributed by atoms with Gasteiger partial charge in [0.1, 0.15) is 6.54 Å². The Bertz CT molecular complexity index is 1370. The molecule has 1 amide bonds. The van der Waals surface area contributed by atoms with Gasteiger partial charge in [-0.3, -0.25) is 9.10 Å². The highest BCUT2D eigenvalue weighted by Crippen LogP contribution is 2.53. The molecule has 3 aromatic rings. The highest BCUT2D eigenvalue weighted by atomic mass is 35.5. The van der Waals surface area contributed by atoms with Gasteiger partial charge in [0.05, 0.1) is 12.0 Å². The van der Waals surface area contributed by atoms with Gasteiger partial charge >= 0.3 is 0 Å². The lowest BCUT2D eigenvalue weighted by Gasteiger charge is -2.50. The van der Waals surface area contributed by atoms with Crippen LogP contribution >= 0.6 is 36.4 Å². The second-order valence-electron chi connectivity index (χ2n) is 9.39. The first-order chi connectivity index (χ1) is 16.7. The number of halogens is 3. The van der Waals surface area contributed by atoms with Crippen molar-refractivity contribution >= 4 is 58.0 Å². The van der Waals surface area contributed by atoms with E-state index in [0.29, 0.717) is 10.7 Å². The average molecular weight is 587 g/mol. The molecule has 1 aromatic heterocycles. The second-order valence-corrected chi connectivity index (χ2v) is 11.6. The van der Waals surface area contributed by atoms with E-state index in [0.717, 1.165) is 42.1 Å². The fourth-order valence-corrected chi connectivity index (χ4v) is 6.88. The van der Waals surface area contributed by atoms with Crippen LogP contribution < -0.4 is 15.4 Å². The van der Waals surface area contributed by atoms with Crippen LogP contribution in [-0.4, -0.2) is 37.0 Å². The third kappa shape index (κ3) is 5.33. The molecule has 8 nitrogen and oxygen atoms in total. The number of imidazole rings is 1. The molecule has 1 aliphatic carbocycles. The molecule has 12 heteroatoms. The summed E-state index contributed by atoms with van der Waals surface area (Å²) in [4.78, 5) is 15.9. The van der Waals surface area contributed by atoms with E-state index in [1.807, 2.05) is 24.3 Å². The summed E-state index contributed by atoms with van der Waals surface area (Å²) in [6.45, 7) is 0.363. The number of carbonyl (C=O) groups excluding carboxylic acids is 1. The molecule has 1 fully saturated rings. The number of fused-ring (bicyclic) bond motifs is 1. The van der Waals surface area contributed by atoms with Crippen LogP contribution in [0.4, 0.5) is 5.69 Å². The lowest BCUT2D eigenvalue weighted by Crippen LogP contribution is -2.49. The number of nitrogens with two attached hydrogens (primary N) is 1. The molecule has 2 aromatic carbocycles. The number of primary amides is 1. The molecular formula is C25H30Cl3N5O3S. The van der Waals surface area contributed by atoms with E-state index in [9.17, 15) is 13.2 Å². The smallest absolute Gasteiger partial charge is 0.283 e. The highest BCUT2D eigenvalue weighted by molar-refractivity contribution is 7.92. The standard InChI is InChI=1S/C25H28ClN5O3S.2ClH/c1-30-15-23(29-16-30)35(33,34)31(14-22(27)32)20-8-3-17-9-12-28-24(21(17)13-20)25(10-2-11-25)18-4-6-19(26)7-5-18;;/h3-8,13,15-16,24,28H,2,9-12,14H2,1H3,(H2,27,32);2*1H. The molecular weight excluding hydrogens is 557 g/mol. The number of nitrogens with one attached hydrogen (secondary N) is 1. The molecule has 2 heterocycles. The molecule has 1 aliphatic heterocycles. The van der Waals surface area contributed by atoms with Gasteiger partial charge in [-0.1, -0.05) is 36.2 Å². The molecule has 0 saturated heterocycles. The minimum Gasteiger partial charge on any atom is -0.368 e. The molecule has 2 aliphatic rings. The lowest BCUT2D eigenvalue weighted by atomic mass is 9.58. The van der Waals surface area contributed by atoms with E-state index in [4.69, 9.17) is 17.3 Å². The lowest BCUT2D eigenvalue weighted by molar-refractivity contribution is -0.116. The van der Waals surface area contributed by atoms with Crippen LogP contribution in [0.2, 0.25) is 5.02 Å². The van der Waals surface area contributed by atoms with Crippen LogP contribution in [0.1, 0.15) is 42.0 Å². The second kappa shape index (κ2) is 11.2. The number of amides is 1. The zero-order valence-corrected chi connectivity index (χ0v) is 23.5. The first-order valence-corrected chi connectivity index (χ1v) is 13.4. The van der Waals surface area contributed by atoms with Gasteiger partial charge < -0.3 is 15.6 Å². The summed E-state index contributed by atoms with van der Waals surface area (Å²) >= 11 is 6.16. The molecule has 3 N–H and O–H groups in total. The van der Waals surface area contributed by atoms with Gasteiger partial charge in [-0.25, -0.2) is 4.98 Å². The maximum absolute atomic E-state index is 13.5. The maximum Gasteiger partial charge on any atom is 0.283 e. The number of benzene rings is 2. The topological polar surface area (TPSA) is 110 Å². The van der Waals surface area contributed by atoms with E-state index >= 15 is 0 Å². The number of aryl methyl sites for hydroxylation is 1. The number of nitrogens with zero attached hydrogens (tertiary/aromatic N) is 3. The van der Waals surface area contributed by atoms with Crippen LogP contribution in [0.15, 0.2) is 60.0 Å². The Morgan fingerprint density at radius 2 is 1.92 bits per heavy atom. The summed E-state index contributed by atoms with van der Waals surface area (Å²) in [6.07, 6.45) is 6.83. The van der Waals surface area contributed by atoms with Gasteiger partial charge in [-0.2, -0.15) is 8.42 Å². The van der Waals surface area contributed by atoms with E-state index in [1.54, 1.807) is 17.7 Å². The van der Waals surface area contributed by atoms with Gasteiger partial charge in [-0.15, -0.1) is 24.8 Å². The number of sulfonamides is 1. The van der Waals surface area contributed by atoms with Crippen LogP contribution in [0, 0.1) is 0 Å². The number of anilines is 1. The molecule has 0 bridgehead atoms. The predicted octanol–water partition coefficient (Wildman–Crippen LogP) is 3.91. The number of hydrogen-bond acceptors (Lipinski definition) is 5. The fourth-order valence-electron chi connectivity index (χ4n) is 5.36. The van der Waals surface area contributed by atoms with Crippen molar-refractivity contribution in [1.82, 2.24) is 14.9 Å². The minimum absolute atomic E-state index is 0. The minimum atomic E-state index is -4.09. The molecule has 0 spiro atoms. The molecule has 5 rings (SSSR count). The predicted molar refractivity (Wildman–Crippen MR) is 149 cm³/mol. The molecule has 0 radical (unpaired) electrons. The SMILES string of the molecule is Cl.Cl.Cn1cnc(S(=O)(=O)N(CC(N)=O)c2ccc3c(c2)C(C2(c4ccc(Cl)cc4)CCC2)NCC3)c1. The highest BCUT2D eigenvalue weighted by Gasteiger charge is 2.47. The Hall–Kier alpha value is -2.30. The number of aromatic nitrogens is 2. The van der Waals surface area contributed by atoms with E-state index in [2.05, 4.69) is 22.4 Å². The third-order valence-corrected chi connectivity index (χ3v) is 9.14. The Morgan fingerprint density at radius 3 is 2.49 bits per heavy atom. The van der Waals surface area contributed by atoms with Crippen molar-refractivity contribution in [3.63, 3.8) is 0 Å². The largest absolute Gasteiger partial charge is 0.368 e. The normalized spacial score (nSPS) is 17.9. The number of rotatable bonds is 7. The van der Waals surface area contributed by atoms with Crippen molar-refractivity contribution in [1.29, 1.82) is 0 Å². The summed E-state index contributed by atoms with van der Waals surface area (Å²) in [7, 11) is -2.40. The molecule has 200 valence electrons. The van der Waals surface area contributed by atoms with Gasteiger partial charge in [0.2, 0.25) is 5.91 Å². The maximum atomic E-state index is 13.5. The third-order valence-electron chi connectivity index (χ3n) is 7.22. The fraction of sp³-hybridized carbons (Fsp3) is 0.360. The van der Waals surface area contributed by atoms with Crippen molar-refractivity contribution in [3.8, 4) is 0 Å². The van der Waals surface area contributed by atoms with Crippen LogP contribution in [0.25, 0.3) is 0 Å². The Balaban J connectivity index is 0.00000190. The monoisotopic (exact) mass is 585 g/mol. The quantitative estimate of drug-likeness (QED) is 0.436. The summed E-state index contributed by atoms with van der Waals surface area (Å²) in [5.41, 5.74) is 9.21. The van der Waals surface area contributed by atoms with Gasteiger partial charge in [0, 0.05) is 29.7 Å². The number of hydrogen-bond donors (Lipinski definition) is 2. The summed E-state index contributed by atoms with van der Waals surface area (Å²) in [6, 6.07) is 13.6. The van der Waals surface area contributed by atoms with Gasteiger partial charge in [-0.05, 0) is 66.8 Å². The zero-order valence-electron chi connectivity index (χ0n) is 20.3. The number of carbonyl (C=O) groups is 1. The first-order valence-electron chi connectivity index (χ1n) is 11.6. The van der Waals surface area contributed by atoms with Gasteiger partial charge in [0.15, 0.2) is 5.03 Å². The first kappa shape index (κ1) is 29.3. The Kier molecular flexibility index (Phi) is 8.86. The van der Waals surface area contributed by atoms with Crippen LogP contribution in [-0.2, 0) is 33.7 Å². The molecule has 1 unspecified atom stereocenters. The molecule has 1 saturated carbocycles. The summed E-state index contributed by atoms with van der Waals surface area (Å²) < 4.78 is 29.5. The molecule has 1 atom stereocenters. The van der Waals surface area contributed by atoms with Gasteiger partial charge in [0.25, 0.3) is 10.0 Å². The van der Waals surface area contributed by atoms with E-state index in [1.165, 1.54) is 23.7 Å². The zero-order chi connectivity index (χ0) is 24.8. The average Bonchev–Trinajstić information content (AvgIpc) is 3.25. The van der Waals surface area contributed by atoms with Crippen molar-refractivity contribution in [2.45, 2.75) is 42.2 Å². The van der Waals surface area contributed by atoms with E-state index in [-0.39, 0.29) is 41.3 Å². The summed E-state index contributed by atoms with van der Waals surface area (Å²) in [5.74, 6) is -0.742. The van der Waals surface area contributed by atoms with Crippen LogP contribution in [0.3, 0.4) is 0 Å².